The Morgan fingerprint density at radius 1 is 1.58 bits per heavy atom. The Morgan fingerprint density at radius 3 is 2.75 bits per heavy atom. The van der Waals surface area contributed by atoms with E-state index in [4.69, 9.17) is 5.73 Å². The number of aromatic nitrogens is 1. The second-order valence-electron chi connectivity index (χ2n) is 3.38. The first-order chi connectivity index (χ1) is 5.81. The van der Waals surface area contributed by atoms with Crippen molar-refractivity contribution in [3.05, 3.63) is 15.6 Å². The van der Waals surface area contributed by atoms with Crippen molar-refractivity contribution in [3.63, 3.8) is 0 Å². The van der Waals surface area contributed by atoms with Crippen LogP contribution < -0.4 is 5.73 Å². The van der Waals surface area contributed by atoms with Gasteiger partial charge in [-0.1, -0.05) is 6.42 Å². The van der Waals surface area contributed by atoms with Gasteiger partial charge in [0.15, 0.2) is 0 Å². The summed E-state index contributed by atoms with van der Waals surface area (Å²) < 4.78 is 0. The fraction of sp³-hybridized carbons (Fsp3) is 0.667. The molecule has 66 valence electrons. The Labute approximate surface area is 76.8 Å². The molecular formula is C9H14N2S. The zero-order chi connectivity index (χ0) is 8.55. The summed E-state index contributed by atoms with van der Waals surface area (Å²) in [6, 6.07) is 0. The van der Waals surface area contributed by atoms with E-state index in [1.54, 1.807) is 11.3 Å². The summed E-state index contributed by atoms with van der Waals surface area (Å²) in [6.45, 7) is 2.75. The second-order valence-corrected chi connectivity index (χ2v) is 4.67. The van der Waals surface area contributed by atoms with Crippen molar-refractivity contribution < 1.29 is 0 Å². The van der Waals surface area contributed by atoms with Gasteiger partial charge >= 0.3 is 0 Å². The van der Waals surface area contributed by atoms with E-state index in [-0.39, 0.29) is 0 Å². The molecule has 1 aliphatic rings. The number of aryl methyl sites for hydroxylation is 1. The van der Waals surface area contributed by atoms with Gasteiger partial charge in [-0.25, -0.2) is 4.98 Å². The monoisotopic (exact) mass is 182 g/mol. The smallest absolute Gasteiger partial charge is 0.107 e. The molecule has 1 saturated carbocycles. The number of hydrogen-bond acceptors (Lipinski definition) is 3. The minimum atomic E-state index is 0.595. The summed E-state index contributed by atoms with van der Waals surface area (Å²) in [5.74, 6) is 0.751. The van der Waals surface area contributed by atoms with Crippen molar-refractivity contribution in [2.45, 2.75) is 38.6 Å². The van der Waals surface area contributed by atoms with Crippen molar-refractivity contribution in [2.24, 2.45) is 5.73 Å². The quantitative estimate of drug-likeness (QED) is 0.761. The maximum Gasteiger partial charge on any atom is 0.107 e. The largest absolute Gasteiger partial charge is 0.325 e. The molecular weight excluding hydrogens is 168 g/mol. The van der Waals surface area contributed by atoms with Gasteiger partial charge in [0.25, 0.3) is 0 Å². The van der Waals surface area contributed by atoms with E-state index in [9.17, 15) is 0 Å². The van der Waals surface area contributed by atoms with Crippen LogP contribution in [0.25, 0.3) is 0 Å². The summed E-state index contributed by atoms with van der Waals surface area (Å²) in [5, 5.41) is 1.09. The zero-order valence-electron chi connectivity index (χ0n) is 7.34. The molecule has 1 fully saturated rings. The molecule has 2 rings (SSSR count). The highest BCUT2D eigenvalue weighted by Gasteiger charge is 2.23. The summed E-state index contributed by atoms with van der Waals surface area (Å²) in [5.41, 5.74) is 6.87. The highest BCUT2D eigenvalue weighted by Crippen LogP contribution is 2.38. The molecule has 0 aromatic carbocycles. The number of rotatable bonds is 2. The molecule has 1 aliphatic carbocycles. The molecule has 0 aliphatic heterocycles. The minimum absolute atomic E-state index is 0.595. The molecule has 2 N–H and O–H groups in total. The lowest BCUT2D eigenvalue weighted by Gasteiger charge is -2.24. The van der Waals surface area contributed by atoms with E-state index < -0.39 is 0 Å². The number of nitrogens with zero attached hydrogens (tertiary/aromatic N) is 1. The normalized spacial score (nSPS) is 17.8. The van der Waals surface area contributed by atoms with Crippen LogP contribution in [-0.4, -0.2) is 4.98 Å². The minimum Gasteiger partial charge on any atom is -0.325 e. The lowest BCUT2D eigenvalue weighted by atomic mass is 9.82. The van der Waals surface area contributed by atoms with Crippen molar-refractivity contribution in [3.8, 4) is 0 Å². The fourth-order valence-electron chi connectivity index (χ4n) is 1.61. The Morgan fingerprint density at radius 2 is 2.33 bits per heavy atom. The van der Waals surface area contributed by atoms with Crippen molar-refractivity contribution >= 4 is 11.3 Å². The lowest BCUT2D eigenvalue weighted by Crippen LogP contribution is -2.10. The predicted octanol–water partition coefficient (Wildman–Crippen LogP) is 2.18. The standard InChI is InChI=1S/C9H14N2S/c1-6-9(7-3-2-4-7)11-8(5-10)12-6/h7H,2-5,10H2,1H3. The zero-order valence-corrected chi connectivity index (χ0v) is 8.16. The molecule has 0 bridgehead atoms. The van der Waals surface area contributed by atoms with Crippen LogP contribution in [0.1, 0.15) is 40.8 Å². The first-order valence-electron chi connectivity index (χ1n) is 4.47. The van der Waals surface area contributed by atoms with Crippen LogP contribution in [0.15, 0.2) is 0 Å². The molecule has 1 aromatic rings. The third kappa shape index (κ3) is 1.27. The van der Waals surface area contributed by atoms with E-state index >= 15 is 0 Å². The summed E-state index contributed by atoms with van der Waals surface area (Å²) in [7, 11) is 0. The number of nitrogens with two attached hydrogens (primary N) is 1. The van der Waals surface area contributed by atoms with Crippen LogP contribution in [0.4, 0.5) is 0 Å². The first-order valence-corrected chi connectivity index (χ1v) is 5.29. The summed E-state index contributed by atoms with van der Waals surface area (Å²) in [6.07, 6.45) is 4.03. The molecule has 0 atom stereocenters. The highest BCUT2D eigenvalue weighted by molar-refractivity contribution is 7.11. The maximum absolute atomic E-state index is 5.54. The van der Waals surface area contributed by atoms with Gasteiger partial charge in [-0.3, -0.25) is 0 Å². The van der Waals surface area contributed by atoms with Crippen molar-refractivity contribution in [1.29, 1.82) is 0 Å². The van der Waals surface area contributed by atoms with E-state index in [0.717, 1.165) is 10.9 Å². The molecule has 0 saturated heterocycles. The Kier molecular flexibility index (Phi) is 2.15. The third-order valence-corrected chi connectivity index (χ3v) is 3.55. The fourth-order valence-corrected chi connectivity index (χ4v) is 2.51. The Bertz CT molecular complexity index is 276. The van der Waals surface area contributed by atoms with E-state index in [1.807, 2.05) is 0 Å². The topological polar surface area (TPSA) is 38.9 Å². The molecule has 0 spiro atoms. The van der Waals surface area contributed by atoms with Crippen LogP contribution in [0, 0.1) is 6.92 Å². The van der Waals surface area contributed by atoms with E-state index in [1.165, 1.54) is 29.8 Å². The van der Waals surface area contributed by atoms with Crippen molar-refractivity contribution in [2.75, 3.05) is 0 Å². The third-order valence-electron chi connectivity index (χ3n) is 2.54. The van der Waals surface area contributed by atoms with Gasteiger partial charge in [0.05, 0.1) is 5.69 Å². The molecule has 0 amide bonds. The number of thiazole rings is 1. The SMILES string of the molecule is Cc1sc(CN)nc1C1CCC1. The Hall–Kier alpha value is -0.410. The molecule has 12 heavy (non-hydrogen) atoms. The first kappa shape index (κ1) is 8.20. The van der Waals surface area contributed by atoms with Gasteiger partial charge in [0, 0.05) is 17.3 Å². The van der Waals surface area contributed by atoms with Crippen molar-refractivity contribution in [1.82, 2.24) is 4.98 Å². The number of hydrogen-bond donors (Lipinski definition) is 1. The predicted molar refractivity (Wildman–Crippen MR) is 51.3 cm³/mol. The summed E-state index contributed by atoms with van der Waals surface area (Å²) in [4.78, 5) is 5.92. The van der Waals surface area contributed by atoms with Crippen LogP contribution in [-0.2, 0) is 6.54 Å². The van der Waals surface area contributed by atoms with E-state index in [2.05, 4.69) is 11.9 Å². The van der Waals surface area contributed by atoms with Gasteiger partial charge < -0.3 is 5.73 Å². The molecule has 2 nitrogen and oxygen atoms in total. The van der Waals surface area contributed by atoms with Gasteiger partial charge in [0.2, 0.25) is 0 Å². The van der Waals surface area contributed by atoms with Crippen LogP contribution in [0.2, 0.25) is 0 Å². The maximum atomic E-state index is 5.54. The highest BCUT2D eigenvalue weighted by atomic mass is 32.1. The Balaban J connectivity index is 2.23. The molecule has 0 radical (unpaired) electrons. The average Bonchev–Trinajstić information content (AvgIpc) is 2.29. The van der Waals surface area contributed by atoms with Gasteiger partial charge in [-0.05, 0) is 19.8 Å². The van der Waals surface area contributed by atoms with Gasteiger partial charge in [-0.15, -0.1) is 11.3 Å². The summed E-state index contributed by atoms with van der Waals surface area (Å²) >= 11 is 1.76. The molecule has 1 heterocycles. The van der Waals surface area contributed by atoms with Crippen LogP contribution in [0.3, 0.4) is 0 Å². The molecule has 3 heteroatoms. The second kappa shape index (κ2) is 3.15. The lowest BCUT2D eigenvalue weighted by molar-refractivity contribution is 0.410. The molecule has 0 unspecified atom stereocenters. The average molecular weight is 182 g/mol. The molecule has 1 aromatic heterocycles. The van der Waals surface area contributed by atoms with Crippen LogP contribution in [0.5, 0.6) is 0 Å². The van der Waals surface area contributed by atoms with Crippen LogP contribution >= 0.6 is 11.3 Å². The van der Waals surface area contributed by atoms with Gasteiger partial charge in [0.1, 0.15) is 5.01 Å². The van der Waals surface area contributed by atoms with E-state index in [0.29, 0.717) is 6.54 Å². The van der Waals surface area contributed by atoms with Gasteiger partial charge in [-0.2, -0.15) is 0 Å².